The number of fused-ring (bicyclic) bond motifs is 1. The second-order valence-corrected chi connectivity index (χ2v) is 7.02. The van der Waals surface area contributed by atoms with Gasteiger partial charge in [-0.25, -0.2) is 0 Å². The minimum absolute atomic E-state index is 0.386. The molecule has 100 valence electrons. The third kappa shape index (κ3) is 3.41. The average Bonchev–Trinajstić information content (AvgIpc) is 2.55. The molecule has 1 saturated carbocycles. The van der Waals surface area contributed by atoms with Crippen molar-refractivity contribution in [2.24, 2.45) is 23.7 Å². The first-order valence-electron chi connectivity index (χ1n) is 7.55. The monoisotopic (exact) mass is 256 g/mol. The van der Waals surface area contributed by atoms with E-state index in [2.05, 4.69) is 18.7 Å². The molecule has 0 aromatic rings. The zero-order valence-electron chi connectivity index (χ0n) is 11.2. The van der Waals surface area contributed by atoms with Gasteiger partial charge in [0.15, 0.2) is 0 Å². The fourth-order valence-corrected chi connectivity index (χ4v) is 5.69. The van der Waals surface area contributed by atoms with Gasteiger partial charge < -0.3 is 5.11 Å². The second-order valence-electron chi connectivity index (χ2n) is 5.94. The van der Waals surface area contributed by atoms with Crippen LogP contribution in [0.5, 0.6) is 0 Å². The fraction of sp³-hybridized carbons (Fsp3) is 1.00. The van der Waals surface area contributed by atoms with Crippen molar-refractivity contribution >= 4 is 11.8 Å². The molecule has 1 N–H and O–H groups in total. The molecule has 2 heteroatoms. The van der Waals surface area contributed by atoms with Crippen LogP contribution >= 0.6 is 11.8 Å². The smallest absolute Gasteiger partial charge is 0.0431 e. The average molecular weight is 256 g/mol. The maximum atomic E-state index is 9.12. The second kappa shape index (κ2) is 7.04. The Morgan fingerprint density at radius 1 is 1.18 bits per heavy atom. The van der Waals surface area contributed by atoms with E-state index in [-0.39, 0.29) is 0 Å². The summed E-state index contributed by atoms with van der Waals surface area (Å²) in [5.74, 6) is 6.59. The van der Waals surface area contributed by atoms with Crippen LogP contribution in [0.3, 0.4) is 0 Å². The molecule has 4 unspecified atom stereocenters. The van der Waals surface area contributed by atoms with Gasteiger partial charge in [-0.05, 0) is 60.9 Å². The predicted molar refractivity (Wildman–Crippen MR) is 76.4 cm³/mol. The number of aliphatic hydroxyl groups excluding tert-OH is 1. The lowest BCUT2D eigenvalue weighted by molar-refractivity contribution is 0.121. The van der Waals surface area contributed by atoms with Crippen LogP contribution in [0.1, 0.15) is 51.9 Å². The van der Waals surface area contributed by atoms with E-state index in [1.165, 1.54) is 50.0 Å². The first kappa shape index (κ1) is 13.7. The molecule has 1 nitrogen and oxygen atoms in total. The number of hydrogen-bond acceptors (Lipinski definition) is 2. The van der Waals surface area contributed by atoms with E-state index in [9.17, 15) is 0 Å². The van der Waals surface area contributed by atoms with Gasteiger partial charge in [-0.15, -0.1) is 0 Å². The summed E-state index contributed by atoms with van der Waals surface area (Å²) >= 11 is 2.21. The minimum atomic E-state index is 0.386. The van der Waals surface area contributed by atoms with Crippen LogP contribution in [0, 0.1) is 23.7 Å². The topological polar surface area (TPSA) is 20.2 Å². The summed E-state index contributed by atoms with van der Waals surface area (Å²) in [7, 11) is 0. The van der Waals surface area contributed by atoms with Crippen LogP contribution in [0.4, 0.5) is 0 Å². The summed E-state index contributed by atoms with van der Waals surface area (Å²) in [4.78, 5) is 0. The molecule has 2 fully saturated rings. The largest absolute Gasteiger partial charge is 0.396 e. The third-order valence-electron chi connectivity index (χ3n) is 5.01. The Morgan fingerprint density at radius 3 is 2.76 bits per heavy atom. The Morgan fingerprint density at radius 2 is 2.00 bits per heavy atom. The van der Waals surface area contributed by atoms with Crippen molar-refractivity contribution in [1.82, 2.24) is 0 Å². The van der Waals surface area contributed by atoms with Crippen LogP contribution < -0.4 is 0 Å². The Kier molecular flexibility index (Phi) is 5.68. The van der Waals surface area contributed by atoms with Gasteiger partial charge in [0, 0.05) is 6.61 Å². The minimum Gasteiger partial charge on any atom is -0.396 e. The number of hydrogen-bond donors (Lipinski definition) is 1. The molecule has 17 heavy (non-hydrogen) atoms. The van der Waals surface area contributed by atoms with Gasteiger partial charge in [-0.3, -0.25) is 0 Å². The maximum Gasteiger partial charge on any atom is 0.0431 e. The van der Waals surface area contributed by atoms with Crippen LogP contribution in [-0.4, -0.2) is 23.2 Å². The lowest BCUT2D eigenvalue weighted by Crippen LogP contribution is -2.31. The van der Waals surface area contributed by atoms with Crippen LogP contribution in [0.2, 0.25) is 0 Å². The van der Waals surface area contributed by atoms with Gasteiger partial charge in [0.25, 0.3) is 0 Å². The van der Waals surface area contributed by atoms with E-state index in [1.54, 1.807) is 0 Å². The van der Waals surface area contributed by atoms with Crippen molar-refractivity contribution in [3.05, 3.63) is 0 Å². The first-order valence-corrected chi connectivity index (χ1v) is 8.70. The zero-order valence-corrected chi connectivity index (χ0v) is 12.1. The van der Waals surface area contributed by atoms with Gasteiger partial charge in [0.1, 0.15) is 0 Å². The normalized spacial score (nSPS) is 38.5. The van der Waals surface area contributed by atoms with Crippen molar-refractivity contribution in [2.45, 2.75) is 51.9 Å². The van der Waals surface area contributed by atoms with Crippen molar-refractivity contribution in [1.29, 1.82) is 0 Å². The van der Waals surface area contributed by atoms with E-state index in [1.807, 2.05) is 0 Å². The molecule has 0 amide bonds. The molecular formula is C15H28OS. The van der Waals surface area contributed by atoms with Crippen molar-refractivity contribution in [2.75, 3.05) is 18.1 Å². The predicted octanol–water partition coefficient (Wildman–Crippen LogP) is 3.95. The summed E-state index contributed by atoms with van der Waals surface area (Å²) in [6.07, 6.45) is 9.50. The summed E-state index contributed by atoms with van der Waals surface area (Å²) in [5.41, 5.74) is 0. The molecule has 0 spiro atoms. The summed E-state index contributed by atoms with van der Waals surface area (Å²) < 4.78 is 0. The van der Waals surface area contributed by atoms with Gasteiger partial charge >= 0.3 is 0 Å². The van der Waals surface area contributed by atoms with Gasteiger partial charge in [-0.2, -0.15) is 11.8 Å². The highest BCUT2D eigenvalue weighted by Gasteiger charge is 2.37. The number of thioether (sulfide) groups is 1. The summed E-state index contributed by atoms with van der Waals surface area (Å²) in [5, 5.41) is 9.12. The van der Waals surface area contributed by atoms with Crippen LogP contribution in [0.25, 0.3) is 0 Å². The van der Waals surface area contributed by atoms with Crippen molar-refractivity contribution in [3.8, 4) is 0 Å². The highest BCUT2D eigenvalue weighted by Crippen LogP contribution is 2.46. The molecule has 0 aromatic carbocycles. The molecule has 0 radical (unpaired) electrons. The number of aliphatic hydroxyl groups is 1. The molecule has 1 aliphatic heterocycles. The van der Waals surface area contributed by atoms with E-state index < -0.39 is 0 Å². The molecule has 1 aliphatic carbocycles. The fourth-order valence-electron chi connectivity index (χ4n) is 4.05. The van der Waals surface area contributed by atoms with Crippen molar-refractivity contribution in [3.63, 3.8) is 0 Å². The first-order chi connectivity index (χ1) is 8.36. The van der Waals surface area contributed by atoms with Gasteiger partial charge in [0.05, 0.1) is 0 Å². The molecule has 1 saturated heterocycles. The van der Waals surface area contributed by atoms with E-state index >= 15 is 0 Å². The van der Waals surface area contributed by atoms with Gasteiger partial charge in [0.2, 0.25) is 0 Å². The lowest BCUT2D eigenvalue weighted by atomic mass is 9.67. The molecule has 0 aromatic heterocycles. The quantitative estimate of drug-likeness (QED) is 0.822. The van der Waals surface area contributed by atoms with Crippen LogP contribution in [0.15, 0.2) is 0 Å². The molecule has 1 heterocycles. The Balaban J connectivity index is 2.05. The molecule has 0 bridgehead atoms. The van der Waals surface area contributed by atoms with Crippen LogP contribution in [-0.2, 0) is 0 Å². The Labute approximate surface area is 111 Å². The molecule has 2 aliphatic rings. The zero-order chi connectivity index (χ0) is 12.1. The molecule has 4 atom stereocenters. The number of rotatable bonds is 4. The molecular weight excluding hydrogens is 228 g/mol. The Hall–Kier alpha value is 0.310. The summed E-state index contributed by atoms with van der Waals surface area (Å²) in [6.45, 7) is 2.75. The SMILES string of the molecule is CCC1CSCC2CCCCC2C1CCCO. The Bertz CT molecular complexity index is 219. The summed E-state index contributed by atoms with van der Waals surface area (Å²) in [6, 6.07) is 0. The standard InChI is InChI=1S/C15H28OS/c1-2-12-10-17-11-13-6-3-4-7-15(13)14(12)8-5-9-16/h12-16H,2-11H2,1H3. The maximum absolute atomic E-state index is 9.12. The third-order valence-corrected chi connectivity index (χ3v) is 6.33. The van der Waals surface area contributed by atoms with Gasteiger partial charge in [-0.1, -0.05) is 26.2 Å². The van der Waals surface area contributed by atoms with Crippen molar-refractivity contribution < 1.29 is 5.11 Å². The highest BCUT2D eigenvalue weighted by atomic mass is 32.2. The highest BCUT2D eigenvalue weighted by molar-refractivity contribution is 7.99. The lowest BCUT2D eigenvalue weighted by Gasteiger charge is -2.38. The van der Waals surface area contributed by atoms with E-state index in [4.69, 9.17) is 5.11 Å². The molecule has 2 rings (SSSR count). The van der Waals surface area contributed by atoms with E-state index in [0.717, 1.165) is 30.1 Å². The van der Waals surface area contributed by atoms with E-state index in [0.29, 0.717) is 6.61 Å².